The van der Waals surface area contributed by atoms with Gasteiger partial charge in [-0.15, -0.1) is 0 Å². The summed E-state index contributed by atoms with van der Waals surface area (Å²) in [5.74, 6) is 0.0263. The van der Waals surface area contributed by atoms with Crippen molar-refractivity contribution >= 4 is 17.6 Å². The van der Waals surface area contributed by atoms with Gasteiger partial charge in [0.15, 0.2) is 0 Å². The van der Waals surface area contributed by atoms with E-state index in [1.54, 1.807) is 7.11 Å². The Hall–Kier alpha value is -2.24. The maximum absolute atomic E-state index is 12.0. The van der Waals surface area contributed by atoms with Crippen molar-refractivity contribution in [3.05, 3.63) is 24.3 Å². The maximum Gasteiger partial charge on any atom is 0.303 e. The number of ether oxygens (including phenoxy) is 1. The summed E-state index contributed by atoms with van der Waals surface area (Å²) in [4.78, 5) is 26.5. The molecule has 1 heterocycles. The van der Waals surface area contributed by atoms with Crippen molar-refractivity contribution in [3.63, 3.8) is 0 Å². The number of para-hydroxylation sites is 2. The van der Waals surface area contributed by atoms with Gasteiger partial charge in [0.2, 0.25) is 5.91 Å². The Kier molecular flexibility index (Phi) is 5.63. The highest BCUT2D eigenvalue weighted by atomic mass is 16.5. The van der Waals surface area contributed by atoms with Crippen LogP contribution in [0, 0.1) is 0 Å². The first-order valence-electron chi connectivity index (χ1n) is 7.49. The Bertz CT molecular complexity index is 525. The first-order chi connectivity index (χ1) is 10.6. The number of carbonyl (C=O) groups excluding carboxylic acids is 1. The first-order valence-corrected chi connectivity index (χ1v) is 7.49. The standard InChI is InChI=1S/C16H22N2O4/c1-22-14-6-3-2-5-13(14)17-9-11-18(12-10-17)15(19)7-4-8-16(20)21/h2-3,5-6H,4,7-12H2,1H3,(H,20,21). The first kappa shape index (κ1) is 16.1. The van der Waals surface area contributed by atoms with E-state index < -0.39 is 5.97 Å². The van der Waals surface area contributed by atoms with Crippen LogP contribution in [0.3, 0.4) is 0 Å². The molecule has 0 bridgehead atoms. The SMILES string of the molecule is COc1ccccc1N1CCN(C(=O)CCCC(=O)O)CC1. The second kappa shape index (κ2) is 7.68. The summed E-state index contributed by atoms with van der Waals surface area (Å²) in [5, 5.41) is 8.60. The number of nitrogens with zero attached hydrogens (tertiary/aromatic N) is 2. The van der Waals surface area contributed by atoms with E-state index in [0.717, 1.165) is 24.5 Å². The second-order valence-electron chi connectivity index (χ2n) is 5.29. The van der Waals surface area contributed by atoms with E-state index >= 15 is 0 Å². The van der Waals surface area contributed by atoms with E-state index in [4.69, 9.17) is 9.84 Å². The highest BCUT2D eigenvalue weighted by molar-refractivity contribution is 5.77. The summed E-state index contributed by atoms with van der Waals surface area (Å²) in [6.07, 6.45) is 0.759. The fourth-order valence-corrected chi connectivity index (χ4v) is 2.64. The summed E-state index contributed by atoms with van der Waals surface area (Å²) in [5.41, 5.74) is 1.04. The van der Waals surface area contributed by atoms with Gasteiger partial charge in [0, 0.05) is 39.0 Å². The third kappa shape index (κ3) is 4.13. The van der Waals surface area contributed by atoms with Crippen LogP contribution in [0.4, 0.5) is 5.69 Å². The van der Waals surface area contributed by atoms with Crippen LogP contribution in [0.25, 0.3) is 0 Å². The van der Waals surface area contributed by atoms with Crippen LogP contribution < -0.4 is 9.64 Å². The van der Waals surface area contributed by atoms with Gasteiger partial charge in [-0.2, -0.15) is 0 Å². The van der Waals surface area contributed by atoms with Gasteiger partial charge in [-0.25, -0.2) is 0 Å². The normalized spacial score (nSPS) is 14.8. The molecule has 22 heavy (non-hydrogen) atoms. The average molecular weight is 306 g/mol. The third-order valence-corrected chi connectivity index (χ3v) is 3.84. The van der Waals surface area contributed by atoms with E-state index in [-0.39, 0.29) is 12.3 Å². The minimum absolute atomic E-state index is 0.0425. The number of rotatable bonds is 6. The Morgan fingerprint density at radius 2 is 1.82 bits per heavy atom. The third-order valence-electron chi connectivity index (χ3n) is 3.84. The number of hydrogen-bond donors (Lipinski definition) is 1. The lowest BCUT2D eigenvalue weighted by Crippen LogP contribution is -2.48. The van der Waals surface area contributed by atoms with Crippen LogP contribution in [-0.4, -0.2) is 55.2 Å². The van der Waals surface area contributed by atoms with Crippen molar-refractivity contribution in [1.82, 2.24) is 4.90 Å². The predicted octanol–water partition coefficient (Wildman–Crippen LogP) is 1.60. The Labute approximate surface area is 130 Å². The molecule has 0 spiro atoms. The minimum atomic E-state index is -0.853. The number of piperazine rings is 1. The van der Waals surface area contributed by atoms with Gasteiger partial charge in [0.1, 0.15) is 5.75 Å². The molecule has 1 aliphatic rings. The lowest BCUT2D eigenvalue weighted by Gasteiger charge is -2.36. The van der Waals surface area contributed by atoms with Crippen LogP contribution in [-0.2, 0) is 9.59 Å². The molecular weight excluding hydrogens is 284 g/mol. The Morgan fingerprint density at radius 1 is 1.14 bits per heavy atom. The van der Waals surface area contributed by atoms with E-state index in [9.17, 15) is 9.59 Å². The molecule has 0 aromatic heterocycles. The number of methoxy groups -OCH3 is 1. The number of carboxylic acid groups (broad SMARTS) is 1. The topological polar surface area (TPSA) is 70.1 Å². The summed E-state index contributed by atoms with van der Waals surface area (Å²) < 4.78 is 5.37. The van der Waals surface area contributed by atoms with Crippen molar-refractivity contribution in [1.29, 1.82) is 0 Å². The molecule has 6 heteroatoms. The fourth-order valence-electron chi connectivity index (χ4n) is 2.64. The summed E-state index contributed by atoms with van der Waals surface area (Å²) in [6, 6.07) is 7.85. The van der Waals surface area contributed by atoms with Crippen molar-refractivity contribution < 1.29 is 19.4 Å². The summed E-state index contributed by atoms with van der Waals surface area (Å²) >= 11 is 0. The number of amides is 1. The van der Waals surface area contributed by atoms with E-state index in [2.05, 4.69) is 4.90 Å². The molecule has 1 fully saturated rings. The Morgan fingerprint density at radius 3 is 2.45 bits per heavy atom. The molecule has 2 rings (SSSR count). The van der Waals surface area contributed by atoms with Crippen LogP contribution in [0.15, 0.2) is 24.3 Å². The predicted molar refractivity (Wildman–Crippen MR) is 83.3 cm³/mol. The molecule has 0 radical (unpaired) electrons. The van der Waals surface area contributed by atoms with Crippen LogP contribution in [0.1, 0.15) is 19.3 Å². The maximum atomic E-state index is 12.0. The highest BCUT2D eigenvalue weighted by Gasteiger charge is 2.22. The number of anilines is 1. The molecule has 1 N–H and O–H groups in total. The van der Waals surface area contributed by atoms with E-state index in [1.807, 2.05) is 29.2 Å². The van der Waals surface area contributed by atoms with Crippen molar-refractivity contribution in [2.24, 2.45) is 0 Å². The summed E-state index contributed by atoms with van der Waals surface area (Å²) in [7, 11) is 1.65. The number of aliphatic carboxylic acids is 1. The van der Waals surface area contributed by atoms with Gasteiger partial charge >= 0.3 is 5.97 Å². The summed E-state index contributed by atoms with van der Waals surface area (Å²) in [6.45, 7) is 2.82. The van der Waals surface area contributed by atoms with Gasteiger partial charge in [0.25, 0.3) is 0 Å². The van der Waals surface area contributed by atoms with Gasteiger partial charge in [-0.1, -0.05) is 12.1 Å². The molecule has 1 aromatic rings. The lowest BCUT2D eigenvalue weighted by atomic mass is 10.2. The van der Waals surface area contributed by atoms with Crippen LogP contribution in [0.2, 0.25) is 0 Å². The monoisotopic (exact) mass is 306 g/mol. The smallest absolute Gasteiger partial charge is 0.303 e. The van der Waals surface area contributed by atoms with Crippen molar-refractivity contribution in [2.45, 2.75) is 19.3 Å². The number of hydrogen-bond acceptors (Lipinski definition) is 4. The van der Waals surface area contributed by atoms with Crippen molar-refractivity contribution in [3.8, 4) is 5.75 Å². The highest BCUT2D eigenvalue weighted by Crippen LogP contribution is 2.28. The average Bonchev–Trinajstić information content (AvgIpc) is 2.54. The molecule has 1 aromatic carbocycles. The van der Waals surface area contributed by atoms with Gasteiger partial charge < -0.3 is 19.6 Å². The number of carbonyl (C=O) groups is 2. The molecule has 6 nitrogen and oxygen atoms in total. The van der Waals surface area contributed by atoms with Gasteiger partial charge in [-0.3, -0.25) is 9.59 Å². The molecule has 0 aliphatic carbocycles. The zero-order valence-corrected chi connectivity index (χ0v) is 12.8. The van der Waals surface area contributed by atoms with Crippen molar-refractivity contribution in [2.75, 3.05) is 38.2 Å². The molecule has 0 saturated carbocycles. The second-order valence-corrected chi connectivity index (χ2v) is 5.29. The molecule has 0 atom stereocenters. The minimum Gasteiger partial charge on any atom is -0.495 e. The molecule has 1 aliphatic heterocycles. The molecule has 1 amide bonds. The van der Waals surface area contributed by atoms with Gasteiger partial charge in [-0.05, 0) is 18.6 Å². The van der Waals surface area contributed by atoms with E-state index in [1.165, 1.54) is 0 Å². The number of carboxylic acids is 1. The van der Waals surface area contributed by atoms with Crippen LogP contribution >= 0.6 is 0 Å². The Balaban J connectivity index is 1.85. The molecule has 1 saturated heterocycles. The molecular formula is C16H22N2O4. The van der Waals surface area contributed by atoms with Gasteiger partial charge in [0.05, 0.1) is 12.8 Å². The molecule has 0 unspecified atom stereocenters. The van der Waals surface area contributed by atoms with Crippen LogP contribution in [0.5, 0.6) is 5.75 Å². The largest absolute Gasteiger partial charge is 0.495 e. The number of benzene rings is 1. The fraction of sp³-hybridized carbons (Fsp3) is 0.500. The zero-order valence-electron chi connectivity index (χ0n) is 12.8. The molecule has 120 valence electrons. The lowest BCUT2D eigenvalue weighted by molar-refractivity contribution is -0.137. The van der Waals surface area contributed by atoms with E-state index in [0.29, 0.717) is 25.9 Å². The zero-order chi connectivity index (χ0) is 15.9. The quantitative estimate of drug-likeness (QED) is 0.864.